The van der Waals surface area contributed by atoms with Crippen molar-refractivity contribution in [2.24, 2.45) is 0 Å². The van der Waals surface area contributed by atoms with E-state index in [2.05, 4.69) is 15.4 Å². The van der Waals surface area contributed by atoms with E-state index >= 15 is 0 Å². The summed E-state index contributed by atoms with van der Waals surface area (Å²) in [6, 6.07) is 13.4. The van der Waals surface area contributed by atoms with Gasteiger partial charge in [-0.1, -0.05) is 12.1 Å². The molecule has 3 rings (SSSR count). The molecular weight excluding hydrogens is 316 g/mol. The Bertz CT molecular complexity index is 951. The Kier molecular flexibility index (Phi) is 4.70. The number of pyridine rings is 1. The van der Waals surface area contributed by atoms with E-state index in [0.717, 1.165) is 11.1 Å². The molecule has 2 aromatic heterocycles. The number of aromatic nitrogens is 3. The Morgan fingerprint density at radius 1 is 1.12 bits per heavy atom. The average molecular weight is 334 g/mol. The van der Waals surface area contributed by atoms with Crippen LogP contribution in [0.1, 0.15) is 18.5 Å². The van der Waals surface area contributed by atoms with Crippen LogP contribution in [0, 0.1) is 6.92 Å². The van der Waals surface area contributed by atoms with Gasteiger partial charge in [0.1, 0.15) is 6.04 Å². The van der Waals surface area contributed by atoms with Gasteiger partial charge in [0.2, 0.25) is 5.91 Å². The second-order valence-corrected chi connectivity index (χ2v) is 5.77. The van der Waals surface area contributed by atoms with Crippen molar-refractivity contribution in [1.82, 2.24) is 14.8 Å². The van der Waals surface area contributed by atoms with Gasteiger partial charge in [0.15, 0.2) is 0 Å². The molecule has 0 aliphatic carbocycles. The third-order valence-electron chi connectivity index (χ3n) is 3.83. The lowest BCUT2D eigenvalue weighted by atomic mass is 10.2. The molecule has 0 spiro atoms. The highest BCUT2D eigenvalue weighted by molar-refractivity contribution is 5.93. The van der Waals surface area contributed by atoms with Gasteiger partial charge in [-0.15, -0.1) is 0 Å². The zero-order valence-electron chi connectivity index (χ0n) is 14.0. The lowest BCUT2D eigenvalue weighted by Crippen LogP contribution is -2.33. The molecule has 6 heteroatoms. The Morgan fingerprint density at radius 3 is 2.60 bits per heavy atom. The number of hydrogen-bond acceptors (Lipinski definition) is 4. The van der Waals surface area contributed by atoms with Crippen LogP contribution in [-0.4, -0.2) is 20.7 Å². The topological polar surface area (TPSA) is 76.9 Å². The summed E-state index contributed by atoms with van der Waals surface area (Å²) in [5.74, 6) is -0.299. The Labute approximate surface area is 145 Å². The Hall–Kier alpha value is -3.28. The van der Waals surface area contributed by atoms with Gasteiger partial charge in [-0.3, -0.25) is 14.6 Å². The number of rotatable bonds is 4. The second kappa shape index (κ2) is 7.09. The minimum absolute atomic E-state index is 0.299. The molecule has 126 valence electrons. The lowest BCUT2D eigenvalue weighted by molar-refractivity contribution is -0.119. The van der Waals surface area contributed by atoms with E-state index in [4.69, 9.17) is 0 Å². The molecule has 0 aliphatic rings. The van der Waals surface area contributed by atoms with E-state index in [1.807, 2.05) is 25.1 Å². The third-order valence-corrected chi connectivity index (χ3v) is 3.83. The summed E-state index contributed by atoms with van der Waals surface area (Å²) in [6.07, 6.45) is 3.31. The van der Waals surface area contributed by atoms with E-state index in [0.29, 0.717) is 11.4 Å². The molecule has 0 aliphatic heterocycles. The van der Waals surface area contributed by atoms with Crippen LogP contribution in [0.25, 0.3) is 11.3 Å². The Balaban J connectivity index is 1.87. The SMILES string of the molecule is Cc1cccc(NC(=O)C(C)n2nc(-c3ccncc3)ccc2=O)c1. The predicted octanol–water partition coefficient (Wildman–Crippen LogP) is 2.81. The highest BCUT2D eigenvalue weighted by Crippen LogP contribution is 2.16. The number of aryl methyl sites for hydroxylation is 1. The lowest BCUT2D eigenvalue weighted by Gasteiger charge is -2.15. The van der Waals surface area contributed by atoms with Gasteiger partial charge in [0, 0.05) is 29.7 Å². The van der Waals surface area contributed by atoms with Gasteiger partial charge < -0.3 is 5.32 Å². The summed E-state index contributed by atoms with van der Waals surface area (Å²) >= 11 is 0. The van der Waals surface area contributed by atoms with Crippen molar-refractivity contribution in [3.8, 4) is 11.3 Å². The summed E-state index contributed by atoms with van der Waals surface area (Å²) in [5, 5.41) is 7.16. The zero-order valence-corrected chi connectivity index (χ0v) is 14.0. The number of carbonyl (C=O) groups is 1. The van der Waals surface area contributed by atoms with Crippen molar-refractivity contribution in [2.75, 3.05) is 5.32 Å². The van der Waals surface area contributed by atoms with Crippen molar-refractivity contribution in [3.63, 3.8) is 0 Å². The maximum atomic E-state index is 12.5. The highest BCUT2D eigenvalue weighted by atomic mass is 16.2. The van der Waals surface area contributed by atoms with Gasteiger partial charge in [-0.05, 0) is 49.7 Å². The van der Waals surface area contributed by atoms with Crippen LogP contribution in [-0.2, 0) is 4.79 Å². The third kappa shape index (κ3) is 3.80. The first kappa shape index (κ1) is 16.6. The molecule has 0 saturated carbocycles. The molecule has 0 bridgehead atoms. The number of nitrogens with one attached hydrogen (secondary N) is 1. The molecule has 6 nitrogen and oxygen atoms in total. The normalized spacial score (nSPS) is 11.8. The van der Waals surface area contributed by atoms with Crippen LogP contribution in [0.2, 0.25) is 0 Å². The number of benzene rings is 1. The second-order valence-electron chi connectivity index (χ2n) is 5.77. The molecule has 0 saturated heterocycles. The first-order chi connectivity index (χ1) is 12.0. The standard InChI is InChI=1S/C19H18N4O2/c1-13-4-3-5-16(12-13)21-19(25)14(2)23-18(24)7-6-17(22-23)15-8-10-20-11-9-15/h3-12,14H,1-2H3,(H,21,25). The number of nitrogens with zero attached hydrogens (tertiary/aromatic N) is 3. The molecule has 2 heterocycles. The molecule has 25 heavy (non-hydrogen) atoms. The molecule has 1 amide bonds. The van der Waals surface area contributed by atoms with Gasteiger partial charge >= 0.3 is 0 Å². The predicted molar refractivity (Wildman–Crippen MR) is 96.2 cm³/mol. The minimum atomic E-state index is -0.741. The van der Waals surface area contributed by atoms with Crippen LogP contribution in [0.5, 0.6) is 0 Å². The van der Waals surface area contributed by atoms with Gasteiger partial charge in [-0.2, -0.15) is 5.10 Å². The van der Waals surface area contributed by atoms with Crippen LogP contribution >= 0.6 is 0 Å². The van der Waals surface area contributed by atoms with Crippen molar-refractivity contribution < 1.29 is 4.79 Å². The summed E-state index contributed by atoms with van der Waals surface area (Å²) in [6.45, 7) is 3.60. The molecule has 3 aromatic rings. The number of anilines is 1. The van der Waals surface area contributed by atoms with Crippen LogP contribution in [0.4, 0.5) is 5.69 Å². The Morgan fingerprint density at radius 2 is 1.88 bits per heavy atom. The largest absolute Gasteiger partial charge is 0.324 e. The van der Waals surface area contributed by atoms with Crippen LogP contribution in [0.15, 0.2) is 65.7 Å². The smallest absolute Gasteiger partial charge is 0.267 e. The van der Waals surface area contributed by atoms with Crippen molar-refractivity contribution >= 4 is 11.6 Å². The van der Waals surface area contributed by atoms with Crippen molar-refractivity contribution in [3.05, 3.63) is 76.8 Å². The molecule has 1 atom stereocenters. The fourth-order valence-corrected chi connectivity index (χ4v) is 2.46. The van der Waals surface area contributed by atoms with Gasteiger partial charge in [0.25, 0.3) is 5.56 Å². The molecule has 1 unspecified atom stereocenters. The van der Waals surface area contributed by atoms with Gasteiger partial charge in [-0.25, -0.2) is 4.68 Å². The molecule has 0 radical (unpaired) electrons. The number of amides is 1. The first-order valence-electron chi connectivity index (χ1n) is 7.92. The molecule has 1 aromatic carbocycles. The summed E-state index contributed by atoms with van der Waals surface area (Å²) in [4.78, 5) is 28.6. The number of hydrogen-bond donors (Lipinski definition) is 1. The quantitative estimate of drug-likeness (QED) is 0.796. The van der Waals surface area contributed by atoms with E-state index < -0.39 is 6.04 Å². The fraction of sp³-hybridized carbons (Fsp3) is 0.158. The van der Waals surface area contributed by atoms with E-state index in [-0.39, 0.29) is 11.5 Å². The van der Waals surface area contributed by atoms with E-state index in [1.54, 1.807) is 43.6 Å². The summed E-state index contributed by atoms with van der Waals surface area (Å²) in [5.41, 5.74) is 2.84. The maximum absolute atomic E-state index is 12.5. The zero-order chi connectivity index (χ0) is 17.8. The van der Waals surface area contributed by atoms with Gasteiger partial charge in [0.05, 0.1) is 5.69 Å². The maximum Gasteiger partial charge on any atom is 0.267 e. The van der Waals surface area contributed by atoms with Crippen LogP contribution < -0.4 is 10.9 Å². The fourth-order valence-electron chi connectivity index (χ4n) is 2.46. The first-order valence-corrected chi connectivity index (χ1v) is 7.92. The van der Waals surface area contributed by atoms with E-state index in [1.165, 1.54) is 10.7 Å². The molecule has 1 N–H and O–H groups in total. The van der Waals surface area contributed by atoms with E-state index in [9.17, 15) is 9.59 Å². The minimum Gasteiger partial charge on any atom is -0.324 e. The van der Waals surface area contributed by atoms with Crippen molar-refractivity contribution in [1.29, 1.82) is 0 Å². The number of carbonyl (C=O) groups excluding carboxylic acids is 1. The van der Waals surface area contributed by atoms with Crippen LogP contribution in [0.3, 0.4) is 0 Å². The highest BCUT2D eigenvalue weighted by Gasteiger charge is 2.18. The summed E-state index contributed by atoms with van der Waals surface area (Å²) < 4.78 is 1.20. The molecule has 0 fully saturated rings. The molecular formula is C19H18N4O2. The monoisotopic (exact) mass is 334 g/mol. The average Bonchev–Trinajstić information content (AvgIpc) is 2.62. The van der Waals surface area contributed by atoms with Crippen molar-refractivity contribution in [2.45, 2.75) is 19.9 Å². The summed E-state index contributed by atoms with van der Waals surface area (Å²) in [7, 11) is 0.